The molecule has 0 saturated heterocycles. The van der Waals surface area contributed by atoms with E-state index in [0.29, 0.717) is 0 Å². The van der Waals surface area contributed by atoms with Gasteiger partial charge in [-0.2, -0.15) is 0 Å². The van der Waals surface area contributed by atoms with Gasteiger partial charge in [-0.3, -0.25) is 0 Å². The van der Waals surface area contributed by atoms with Crippen LogP contribution in [0.2, 0.25) is 0 Å². The molecular formula is C13H9ClOS. The lowest BCUT2D eigenvalue weighted by Crippen LogP contribution is -2.03. The standard InChI is InChI=1S/C13H9ClOS/c1-2-3-4-5-12-8-9-13(16-12)7-6-11(15)10-14/h8-9,11,15H,10H2,1H3/t11-/m1/s1. The summed E-state index contributed by atoms with van der Waals surface area (Å²) in [6.07, 6.45) is -0.774. The Balaban J connectivity index is 2.74. The van der Waals surface area contributed by atoms with Crippen molar-refractivity contribution in [1.29, 1.82) is 0 Å². The van der Waals surface area contributed by atoms with Crippen molar-refractivity contribution < 1.29 is 5.11 Å². The lowest BCUT2D eigenvalue weighted by molar-refractivity contribution is 0.256. The van der Waals surface area contributed by atoms with Gasteiger partial charge in [0.05, 0.1) is 15.6 Å². The Bertz CT molecular complexity index is 525. The van der Waals surface area contributed by atoms with Crippen LogP contribution in [0, 0.1) is 35.5 Å². The van der Waals surface area contributed by atoms with Crippen LogP contribution in [0.5, 0.6) is 0 Å². The largest absolute Gasteiger partial charge is 0.379 e. The lowest BCUT2D eigenvalue weighted by atomic mass is 10.3. The molecule has 1 N–H and O–H groups in total. The van der Waals surface area contributed by atoms with Gasteiger partial charge in [0.25, 0.3) is 0 Å². The van der Waals surface area contributed by atoms with Gasteiger partial charge in [0.2, 0.25) is 0 Å². The number of alkyl halides is 1. The number of thiophene rings is 1. The fourth-order valence-corrected chi connectivity index (χ4v) is 1.62. The third kappa shape index (κ3) is 4.43. The van der Waals surface area contributed by atoms with Crippen LogP contribution >= 0.6 is 22.9 Å². The molecule has 0 bridgehead atoms. The predicted molar refractivity (Wildman–Crippen MR) is 68.3 cm³/mol. The molecule has 1 atom stereocenters. The highest BCUT2D eigenvalue weighted by atomic mass is 35.5. The van der Waals surface area contributed by atoms with E-state index in [1.54, 1.807) is 6.92 Å². The summed E-state index contributed by atoms with van der Waals surface area (Å²) in [5.41, 5.74) is 0. The summed E-state index contributed by atoms with van der Waals surface area (Å²) in [6.45, 7) is 1.74. The van der Waals surface area contributed by atoms with Crippen molar-refractivity contribution in [2.24, 2.45) is 0 Å². The smallest absolute Gasteiger partial charge is 0.128 e. The first-order valence-corrected chi connectivity index (χ1v) is 5.89. The van der Waals surface area contributed by atoms with E-state index in [1.807, 2.05) is 12.1 Å². The third-order valence-corrected chi connectivity index (χ3v) is 2.70. The van der Waals surface area contributed by atoms with Gasteiger partial charge < -0.3 is 5.11 Å². The Morgan fingerprint density at radius 1 is 1.31 bits per heavy atom. The second-order valence-electron chi connectivity index (χ2n) is 2.73. The van der Waals surface area contributed by atoms with Gasteiger partial charge in [-0.15, -0.1) is 22.9 Å². The molecule has 1 aromatic rings. The molecule has 0 unspecified atom stereocenters. The molecule has 0 fully saturated rings. The maximum atomic E-state index is 9.15. The molecule has 0 radical (unpaired) electrons. The average Bonchev–Trinajstić information content (AvgIpc) is 2.74. The van der Waals surface area contributed by atoms with Crippen molar-refractivity contribution in [3.8, 4) is 35.5 Å². The molecule has 0 saturated carbocycles. The molecule has 0 spiro atoms. The quantitative estimate of drug-likeness (QED) is 0.596. The van der Waals surface area contributed by atoms with Gasteiger partial charge >= 0.3 is 0 Å². The second kappa shape index (κ2) is 7.00. The molecule has 1 rings (SSSR count). The van der Waals surface area contributed by atoms with Gasteiger partial charge in [0, 0.05) is 0 Å². The minimum atomic E-state index is -0.774. The molecule has 0 aromatic carbocycles. The summed E-state index contributed by atoms with van der Waals surface area (Å²) < 4.78 is 0. The number of hydrogen-bond donors (Lipinski definition) is 1. The van der Waals surface area contributed by atoms with Crippen LogP contribution in [0.4, 0.5) is 0 Å². The Morgan fingerprint density at radius 2 is 2.00 bits per heavy atom. The zero-order valence-electron chi connectivity index (χ0n) is 8.67. The molecule has 0 aliphatic carbocycles. The van der Waals surface area contributed by atoms with Gasteiger partial charge in [0.1, 0.15) is 6.10 Å². The summed E-state index contributed by atoms with van der Waals surface area (Å²) in [4.78, 5) is 1.77. The van der Waals surface area contributed by atoms with E-state index < -0.39 is 6.10 Å². The van der Waals surface area contributed by atoms with E-state index in [0.717, 1.165) is 9.75 Å². The Hall–Kier alpha value is -1.37. The van der Waals surface area contributed by atoms with Crippen LogP contribution in [0.15, 0.2) is 12.1 Å². The van der Waals surface area contributed by atoms with Crippen molar-refractivity contribution in [2.75, 3.05) is 5.88 Å². The van der Waals surface area contributed by atoms with Crippen molar-refractivity contribution in [3.05, 3.63) is 21.9 Å². The van der Waals surface area contributed by atoms with E-state index >= 15 is 0 Å². The minimum Gasteiger partial charge on any atom is -0.379 e. The van der Waals surface area contributed by atoms with E-state index in [-0.39, 0.29) is 5.88 Å². The number of aliphatic hydroxyl groups is 1. The predicted octanol–water partition coefficient (Wildman–Crippen LogP) is 2.07. The zero-order valence-corrected chi connectivity index (χ0v) is 10.2. The molecule has 1 aromatic heterocycles. The number of halogens is 1. The third-order valence-electron chi connectivity index (χ3n) is 1.49. The van der Waals surface area contributed by atoms with Gasteiger partial charge in [-0.05, 0) is 36.8 Å². The molecule has 3 heteroatoms. The first kappa shape index (κ1) is 12.7. The Kier molecular flexibility index (Phi) is 5.55. The molecule has 0 aliphatic heterocycles. The number of aliphatic hydroxyl groups excluding tert-OH is 1. The van der Waals surface area contributed by atoms with Gasteiger partial charge in [-0.25, -0.2) is 0 Å². The summed E-state index contributed by atoms with van der Waals surface area (Å²) in [6, 6.07) is 3.74. The second-order valence-corrected chi connectivity index (χ2v) is 4.12. The minimum absolute atomic E-state index is 0.122. The van der Waals surface area contributed by atoms with E-state index in [4.69, 9.17) is 16.7 Å². The fraction of sp³-hybridized carbons (Fsp3) is 0.231. The van der Waals surface area contributed by atoms with Gasteiger partial charge in [0.15, 0.2) is 0 Å². The maximum Gasteiger partial charge on any atom is 0.128 e. The molecule has 1 heterocycles. The molecular weight excluding hydrogens is 240 g/mol. The SMILES string of the molecule is CC#CC#Cc1ccc(C#C[C@@H](O)CCl)s1. The summed E-state index contributed by atoms with van der Waals surface area (Å²) in [5, 5.41) is 9.15. The molecule has 1 nitrogen and oxygen atoms in total. The zero-order chi connectivity index (χ0) is 11.8. The molecule has 0 amide bonds. The Labute approximate surface area is 104 Å². The maximum absolute atomic E-state index is 9.15. The average molecular weight is 249 g/mol. The van der Waals surface area contributed by atoms with Crippen LogP contribution in [-0.2, 0) is 0 Å². The van der Waals surface area contributed by atoms with Crippen LogP contribution in [0.1, 0.15) is 16.7 Å². The number of hydrogen-bond acceptors (Lipinski definition) is 2. The van der Waals surface area contributed by atoms with Crippen LogP contribution in [0.3, 0.4) is 0 Å². The van der Waals surface area contributed by atoms with Crippen LogP contribution < -0.4 is 0 Å². The summed E-state index contributed by atoms with van der Waals surface area (Å²) >= 11 is 6.89. The highest BCUT2D eigenvalue weighted by molar-refractivity contribution is 7.13. The molecule has 16 heavy (non-hydrogen) atoms. The van der Waals surface area contributed by atoms with E-state index in [2.05, 4.69) is 35.5 Å². The van der Waals surface area contributed by atoms with Crippen LogP contribution in [0.25, 0.3) is 0 Å². The molecule has 80 valence electrons. The fourth-order valence-electron chi connectivity index (χ4n) is 0.821. The first-order chi connectivity index (χ1) is 7.76. The van der Waals surface area contributed by atoms with Crippen LogP contribution in [-0.4, -0.2) is 17.1 Å². The summed E-state index contributed by atoms with van der Waals surface area (Å²) in [7, 11) is 0. The van der Waals surface area contributed by atoms with E-state index in [9.17, 15) is 0 Å². The lowest BCUT2D eigenvalue weighted by Gasteiger charge is -1.91. The monoisotopic (exact) mass is 248 g/mol. The highest BCUT2D eigenvalue weighted by Crippen LogP contribution is 2.13. The van der Waals surface area contributed by atoms with Crippen molar-refractivity contribution in [3.63, 3.8) is 0 Å². The topological polar surface area (TPSA) is 20.2 Å². The first-order valence-electron chi connectivity index (χ1n) is 4.54. The molecule has 0 aliphatic rings. The Morgan fingerprint density at radius 3 is 2.62 bits per heavy atom. The summed E-state index contributed by atoms with van der Waals surface area (Å²) in [5.74, 6) is 16.6. The van der Waals surface area contributed by atoms with Crippen molar-refractivity contribution in [2.45, 2.75) is 13.0 Å². The highest BCUT2D eigenvalue weighted by Gasteiger charge is 1.96. The van der Waals surface area contributed by atoms with Crippen molar-refractivity contribution >= 4 is 22.9 Å². The van der Waals surface area contributed by atoms with E-state index in [1.165, 1.54) is 11.3 Å². The van der Waals surface area contributed by atoms with Crippen molar-refractivity contribution in [1.82, 2.24) is 0 Å². The normalized spacial score (nSPS) is 9.94. The van der Waals surface area contributed by atoms with Gasteiger partial charge in [-0.1, -0.05) is 17.8 Å². The number of rotatable bonds is 1.